The highest BCUT2D eigenvalue weighted by Gasteiger charge is 2.44. The van der Waals surface area contributed by atoms with Crippen LogP contribution in [0.25, 0.3) is 22.4 Å². The van der Waals surface area contributed by atoms with E-state index in [-0.39, 0.29) is 18.8 Å². The second kappa shape index (κ2) is 12.0. The summed E-state index contributed by atoms with van der Waals surface area (Å²) in [5, 5.41) is 8.47. The fourth-order valence-electron chi connectivity index (χ4n) is 4.36. The normalized spacial score (nSPS) is 20.6. The molecular formula is C28H29N3O8. The van der Waals surface area contributed by atoms with E-state index < -0.39 is 42.4 Å². The van der Waals surface area contributed by atoms with Gasteiger partial charge in [0.05, 0.1) is 6.20 Å². The van der Waals surface area contributed by atoms with Gasteiger partial charge in [-0.2, -0.15) is 0 Å². The molecule has 3 aromatic rings. The molecule has 204 valence electrons. The molecule has 4 atom stereocenters. The Morgan fingerprint density at radius 2 is 1.44 bits per heavy atom. The first kappa shape index (κ1) is 27.6. The second-order valence-electron chi connectivity index (χ2n) is 9.18. The first-order valence-electron chi connectivity index (χ1n) is 12.4. The van der Waals surface area contributed by atoms with Gasteiger partial charge in [0, 0.05) is 38.3 Å². The number of rotatable bonds is 8. The molecule has 1 unspecified atom stereocenters. The summed E-state index contributed by atoms with van der Waals surface area (Å²) in [5.74, 6) is -1.67. The maximum atomic E-state index is 11.8. The summed E-state index contributed by atoms with van der Waals surface area (Å²) in [6.45, 7) is 5.06. The van der Waals surface area contributed by atoms with E-state index in [4.69, 9.17) is 18.9 Å². The minimum atomic E-state index is -0.970. The summed E-state index contributed by atoms with van der Waals surface area (Å²) in [6.07, 6.45) is -1.63. The maximum absolute atomic E-state index is 11.8. The summed E-state index contributed by atoms with van der Waals surface area (Å²) in [5.41, 5.74) is 4.00. The fourth-order valence-corrected chi connectivity index (χ4v) is 4.36. The molecule has 39 heavy (non-hydrogen) atoms. The first-order valence-corrected chi connectivity index (χ1v) is 12.4. The molecule has 1 aliphatic rings. The standard InChI is InChI=1S/C28H29N3O8/c1-16(32)20-5-7-21(8-6-20)22-9-11-23(12-10-22)24-14-31(30-29-24)27-13-25(37-18(3)34)28(38-19(4)35)26(39-27)15-36-17(2)33/h5-12,14,25-28H,13,15H2,1-4H3/t25-,26-,27?,28+/m1/s1. The van der Waals surface area contributed by atoms with Crippen molar-refractivity contribution in [2.45, 2.75) is 58.7 Å². The van der Waals surface area contributed by atoms with Crippen LogP contribution in [0.2, 0.25) is 0 Å². The highest BCUT2D eigenvalue weighted by atomic mass is 16.6. The fraction of sp³-hybridized carbons (Fsp3) is 0.357. The third-order valence-electron chi connectivity index (χ3n) is 6.18. The van der Waals surface area contributed by atoms with Crippen LogP contribution in [0.4, 0.5) is 0 Å². The molecule has 0 bridgehead atoms. The molecule has 1 aromatic heterocycles. The minimum absolute atomic E-state index is 0.0145. The van der Waals surface area contributed by atoms with Gasteiger partial charge in [0.2, 0.25) is 0 Å². The van der Waals surface area contributed by atoms with Gasteiger partial charge in [-0.3, -0.25) is 19.2 Å². The van der Waals surface area contributed by atoms with Crippen molar-refractivity contribution in [3.63, 3.8) is 0 Å². The maximum Gasteiger partial charge on any atom is 0.303 e. The molecule has 0 saturated carbocycles. The van der Waals surface area contributed by atoms with Gasteiger partial charge in [-0.05, 0) is 18.1 Å². The van der Waals surface area contributed by atoms with E-state index in [9.17, 15) is 19.2 Å². The van der Waals surface area contributed by atoms with Gasteiger partial charge in [0.25, 0.3) is 0 Å². The van der Waals surface area contributed by atoms with Gasteiger partial charge in [-0.15, -0.1) is 5.10 Å². The van der Waals surface area contributed by atoms with Crippen LogP contribution in [0.3, 0.4) is 0 Å². The van der Waals surface area contributed by atoms with Crippen LogP contribution in [0.1, 0.15) is 50.7 Å². The molecule has 4 rings (SSSR count). The van der Waals surface area contributed by atoms with Crippen LogP contribution in [-0.4, -0.2) is 63.6 Å². The largest absolute Gasteiger partial charge is 0.463 e. The lowest BCUT2D eigenvalue weighted by Crippen LogP contribution is -2.52. The molecule has 0 N–H and O–H groups in total. The Balaban J connectivity index is 1.54. The quantitative estimate of drug-likeness (QED) is 0.239. The van der Waals surface area contributed by atoms with E-state index in [1.54, 1.807) is 18.3 Å². The van der Waals surface area contributed by atoms with Crippen molar-refractivity contribution in [3.05, 3.63) is 60.3 Å². The van der Waals surface area contributed by atoms with Crippen molar-refractivity contribution < 1.29 is 38.1 Å². The average molecular weight is 536 g/mol. The number of ether oxygens (including phenoxy) is 4. The molecule has 11 heteroatoms. The van der Waals surface area contributed by atoms with Crippen LogP contribution < -0.4 is 0 Å². The zero-order valence-corrected chi connectivity index (χ0v) is 22.0. The van der Waals surface area contributed by atoms with E-state index in [1.807, 2.05) is 36.4 Å². The number of ketones is 1. The third kappa shape index (κ3) is 6.94. The number of hydrogen-bond donors (Lipinski definition) is 0. The molecule has 0 spiro atoms. The summed E-state index contributed by atoms with van der Waals surface area (Å²) >= 11 is 0. The van der Waals surface area contributed by atoms with Crippen molar-refractivity contribution in [3.8, 4) is 22.4 Å². The molecule has 11 nitrogen and oxygen atoms in total. The molecule has 0 amide bonds. The van der Waals surface area contributed by atoms with Gasteiger partial charge in [-0.25, -0.2) is 4.68 Å². The summed E-state index contributed by atoms with van der Waals surface area (Å²) in [4.78, 5) is 46.5. The Kier molecular flexibility index (Phi) is 8.50. The average Bonchev–Trinajstić information content (AvgIpc) is 3.39. The molecule has 1 aliphatic heterocycles. The third-order valence-corrected chi connectivity index (χ3v) is 6.18. The van der Waals surface area contributed by atoms with Gasteiger partial charge < -0.3 is 18.9 Å². The van der Waals surface area contributed by atoms with Crippen LogP contribution in [0, 0.1) is 0 Å². The van der Waals surface area contributed by atoms with Crippen LogP contribution >= 0.6 is 0 Å². The molecular weight excluding hydrogens is 506 g/mol. The Labute approximate surface area is 225 Å². The topological polar surface area (TPSA) is 136 Å². The van der Waals surface area contributed by atoms with Crippen LogP contribution in [0.15, 0.2) is 54.7 Å². The van der Waals surface area contributed by atoms with Gasteiger partial charge in [0.15, 0.2) is 18.1 Å². The second-order valence-corrected chi connectivity index (χ2v) is 9.18. The molecule has 0 aliphatic carbocycles. The minimum Gasteiger partial charge on any atom is -0.463 e. The lowest BCUT2D eigenvalue weighted by atomic mass is 10.00. The van der Waals surface area contributed by atoms with Gasteiger partial charge >= 0.3 is 17.9 Å². The van der Waals surface area contributed by atoms with Gasteiger partial charge in [-0.1, -0.05) is 53.7 Å². The van der Waals surface area contributed by atoms with Crippen molar-refractivity contribution in [2.24, 2.45) is 0 Å². The lowest BCUT2D eigenvalue weighted by molar-refractivity contribution is -0.228. The highest BCUT2D eigenvalue weighted by Crippen LogP contribution is 2.32. The van der Waals surface area contributed by atoms with E-state index >= 15 is 0 Å². The zero-order chi connectivity index (χ0) is 28.1. The molecule has 2 heterocycles. The van der Waals surface area contributed by atoms with Crippen LogP contribution in [-0.2, 0) is 33.3 Å². The molecule has 2 aromatic carbocycles. The van der Waals surface area contributed by atoms with Crippen LogP contribution in [0.5, 0.6) is 0 Å². The Morgan fingerprint density at radius 1 is 0.846 bits per heavy atom. The van der Waals surface area contributed by atoms with Crippen molar-refractivity contribution in [1.82, 2.24) is 15.0 Å². The summed E-state index contributed by atoms with van der Waals surface area (Å²) in [6, 6.07) is 15.1. The Hall–Kier alpha value is -4.38. The number of aromatic nitrogens is 3. The summed E-state index contributed by atoms with van der Waals surface area (Å²) in [7, 11) is 0. The highest BCUT2D eigenvalue weighted by molar-refractivity contribution is 5.94. The summed E-state index contributed by atoms with van der Waals surface area (Å²) < 4.78 is 23.5. The number of hydrogen-bond acceptors (Lipinski definition) is 10. The monoisotopic (exact) mass is 535 g/mol. The lowest BCUT2D eigenvalue weighted by Gasteiger charge is -2.39. The van der Waals surface area contributed by atoms with Crippen molar-refractivity contribution in [2.75, 3.05) is 6.61 Å². The van der Waals surface area contributed by atoms with E-state index in [0.717, 1.165) is 16.7 Å². The van der Waals surface area contributed by atoms with Gasteiger partial charge in [0.1, 0.15) is 24.5 Å². The Morgan fingerprint density at radius 3 is 2.00 bits per heavy atom. The molecule has 1 fully saturated rings. The zero-order valence-electron chi connectivity index (χ0n) is 22.0. The van der Waals surface area contributed by atoms with Crippen molar-refractivity contribution >= 4 is 23.7 Å². The van der Waals surface area contributed by atoms with Crippen molar-refractivity contribution in [1.29, 1.82) is 0 Å². The number of esters is 3. The van der Waals surface area contributed by atoms with E-state index in [0.29, 0.717) is 11.3 Å². The molecule has 1 saturated heterocycles. The number of benzene rings is 2. The Bertz CT molecular complexity index is 1350. The van der Waals surface area contributed by atoms with E-state index in [2.05, 4.69) is 10.3 Å². The predicted molar refractivity (Wildman–Crippen MR) is 137 cm³/mol. The first-order chi connectivity index (χ1) is 18.6. The number of nitrogens with zero attached hydrogens (tertiary/aromatic N) is 3. The molecule has 0 radical (unpaired) electrons. The number of carbonyl (C=O) groups excluding carboxylic acids is 4. The number of Topliss-reactive ketones (excluding diaryl/α,β-unsaturated/α-hetero) is 1. The van der Waals surface area contributed by atoms with E-state index in [1.165, 1.54) is 32.4 Å². The smallest absolute Gasteiger partial charge is 0.303 e. The number of carbonyl (C=O) groups is 4. The predicted octanol–water partition coefficient (Wildman–Crippen LogP) is 3.53. The SMILES string of the molecule is CC(=O)OC[C@H]1OC(n2cc(-c3ccc(-c4ccc(C(C)=O)cc4)cc3)nn2)C[C@@H](OC(C)=O)[C@@H]1OC(C)=O.